The van der Waals surface area contributed by atoms with E-state index in [0.717, 1.165) is 10.9 Å². The molecule has 3 heterocycles. The van der Waals surface area contributed by atoms with E-state index in [-0.39, 0.29) is 152 Å². The molecule has 2 aromatic carbocycles. The summed E-state index contributed by atoms with van der Waals surface area (Å²) in [4.78, 5) is 227. The highest BCUT2D eigenvalue weighted by Crippen LogP contribution is 2.31. The fourth-order valence-electron chi connectivity index (χ4n) is 14.1. The van der Waals surface area contributed by atoms with E-state index in [1.165, 1.54) is 43.3 Å². The number of carbonyl (C=O) groups excluding carboxylic acids is 15. The largest absolute Gasteiger partial charge is 0.481 e. The summed E-state index contributed by atoms with van der Waals surface area (Å²) in [6.45, 7) is 29.3. The molecule has 0 unspecified atom stereocenters. The second-order valence-electron chi connectivity index (χ2n) is 36.7. The third-order valence-corrected chi connectivity index (χ3v) is 20.6. The van der Waals surface area contributed by atoms with Crippen LogP contribution in [0.15, 0.2) is 67.3 Å². The maximum absolute atomic E-state index is 14.4. The maximum atomic E-state index is 14.4. The van der Waals surface area contributed by atoms with Gasteiger partial charge in [-0.3, -0.25) is 91.4 Å². The molecular formula is C89H135N13O21S. The number of H-pyrrole nitrogens is 2. The van der Waals surface area contributed by atoms with Crippen molar-refractivity contribution >= 4 is 117 Å². The van der Waals surface area contributed by atoms with Gasteiger partial charge in [-0.05, 0) is 150 Å². The molecule has 1 fully saturated rings. The lowest BCUT2D eigenvalue weighted by Gasteiger charge is -2.46. The lowest BCUT2D eigenvalue weighted by atomic mass is 9.89. The van der Waals surface area contributed by atoms with Gasteiger partial charge in [0.1, 0.15) is 28.4 Å². The Balaban J connectivity index is 0.000000608. The molecule has 124 heavy (non-hydrogen) atoms. The standard InChI is InChI=1S/C57H78N10O11S.C32H57N3O10/c1-32(2)21-44(50(72)25-37(54(60)75)19-20-79-6)66-57(78)46(27-40-30-61-31-63-40)64-52(74)18-16-47(69)53(33(3)4)67-55(76)34(5)22-49(71)45(24-39-29-62-43-10-8-7-9-42(39)43)65-56(77)38(15-17-51(59)73)26-48(70)36-13-11-35(12-14-36)23-41(68)28-58;1-28(2,3)42-24(38)17-33-15-16-34(18-25(39)43-29(4,5)6)22-32(21-33,14-13-23(36)37)35(19-26(40)44-30(7,8)9)20-27(41)45-31(10,11)12/h7-14,29-34,37-38,44-46,53,62H,15-28,58H2,1-6H3,(H2,59,73)(H2,60,75)(H,61,63)(H,64,74)(H,65,77)(H,66,78)(H,67,76);13-22H2,1-12H3,(H,36,37)/t34-,37-,38-,44+,45+,46+,53+;/m1./s1. The Bertz CT molecular complexity index is 4220. The fraction of sp³-hybridized carbons (Fsp3) is 0.629. The van der Waals surface area contributed by atoms with E-state index in [0.29, 0.717) is 42.1 Å². The van der Waals surface area contributed by atoms with Gasteiger partial charge in [-0.2, -0.15) is 11.8 Å². The molecule has 7 atom stereocenters. The molecule has 34 nitrogen and oxygen atoms in total. The van der Waals surface area contributed by atoms with Crippen molar-refractivity contribution in [2.24, 2.45) is 46.8 Å². The predicted molar refractivity (Wildman–Crippen MR) is 467 cm³/mol. The van der Waals surface area contributed by atoms with Gasteiger partial charge in [0.25, 0.3) is 0 Å². The van der Waals surface area contributed by atoms with Crippen molar-refractivity contribution in [2.45, 2.75) is 260 Å². The summed E-state index contributed by atoms with van der Waals surface area (Å²) in [5.74, 6) is -11.9. The van der Waals surface area contributed by atoms with Crippen molar-refractivity contribution in [2.75, 3.05) is 70.9 Å². The Kier molecular flexibility index (Phi) is 42.5. The van der Waals surface area contributed by atoms with Crippen molar-refractivity contribution in [1.82, 2.24) is 50.9 Å². The number of nitrogens with two attached hydrogens (primary N) is 3. The average Bonchev–Trinajstić information content (AvgIpc) is 1.50. The van der Waals surface area contributed by atoms with Crippen LogP contribution in [0.2, 0.25) is 0 Å². The number of hydrogen-bond acceptors (Lipinski definition) is 26. The van der Waals surface area contributed by atoms with Gasteiger partial charge < -0.3 is 72.5 Å². The number of rotatable bonds is 49. The Hall–Kier alpha value is -10.1. The highest BCUT2D eigenvalue weighted by Gasteiger charge is 2.46. The molecule has 1 aliphatic heterocycles. The lowest BCUT2D eigenvalue weighted by molar-refractivity contribution is -0.166. The van der Waals surface area contributed by atoms with Crippen LogP contribution >= 0.6 is 11.8 Å². The second-order valence-corrected chi connectivity index (χ2v) is 37.7. The van der Waals surface area contributed by atoms with Crippen molar-refractivity contribution < 1.29 is 101 Å². The Labute approximate surface area is 732 Å². The number of hydrogen-bond donors (Lipinski definition) is 10. The zero-order valence-corrected chi connectivity index (χ0v) is 76.4. The number of aromatic amines is 2. The van der Waals surface area contributed by atoms with Crippen LogP contribution in [0.5, 0.6) is 0 Å². The number of fused-ring (bicyclic) bond motifs is 1. The number of para-hydroxylation sites is 1. The van der Waals surface area contributed by atoms with E-state index in [2.05, 4.69) is 36.2 Å². The predicted octanol–water partition coefficient (Wildman–Crippen LogP) is 6.18. The first-order valence-corrected chi connectivity index (χ1v) is 43.6. The van der Waals surface area contributed by atoms with E-state index in [9.17, 15) is 81.8 Å². The van der Waals surface area contributed by atoms with Gasteiger partial charge in [0, 0.05) is 148 Å². The summed E-state index contributed by atoms with van der Waals surface area (Å²) in [6.07, 6.45) is 4.97. The number of esters is 4. The lowest BCUT2D eigenvalue weighted by Crippen LogP contribution is -2.62. The molecule has 688 valence electrons. The number of aliphatic carboxylic acids is 1. The molecule has 0 saturated carbocycles. The minimum atomic E-state index is -1.22. The first-order chi connectivity index (χ1) is 57.7. The van der Waals surface area contributed by atoms with Gasteiger partial charge in [0.05, 0.1) is 57.2 Å². The second kappa shape index (κ2) is 49.6. The summed E-state index contributed by atoms with van der Waals surface area (Å²) in [7, 11) is 0. The summed E-state index contributed by atoms with van der Waals surface area (Å²) in [6, 6.07) is 9.19. The number of aromatic nitrogens is 3. The zero-order chi connectivity index (χ0) is 93.4. The van der Waals surface area contributed by atoms with Crippen LogP contribution in [0.1, 0.15) is 216 Å². The van der Waals surface area contributed by atoms with Crippen molar-refractivity contribution in [3.05, 3.63) is 89.6 Å². The number of carboxylic acids is 1. The number of nitrogens with zero attached hydrogens (tertiary/aromatic N) is 4. The van der Waals surface area contributed by atoms with Crippen LogP contribution in [-0.4, -0.2) is 252 Å². The van der Waals surface area contributed by atoms with Crippen molar-refractivity contribution in [3.8, 4) is 0 Å². The normalized spacial score (nSPS) is 15.1. The van der Waals surface area contributed by atoms with Crippen LogP contribution in [-0.2, 0) is 110 Å². The molecule has 0 radical (unpaired) electrons. The molecule has 5 rings (SSSR count). The average molecular weight is 1760 g/mol. The SMILES string of the molecule is CC(C)(C)OC(=O)CN1CCN(CC(=O)OC(C)(C)C)CC(CCC(=O)O)(N(CC(=O)OC(C)(C)C)CC(=O)OC(C)(C)C)C1.CSCC[C@H](CC(=O)[C@H](CC(C)C)NC(=O)[C@H](Cc1cnc[nH]1)NC(=O)CCC(=O)[C@@H](NC(=O)[C@H](C)CC(=O)[C@H](Cc1c[nH]c2ccccc12)NC(=O)[C@H](CCC(N)=O)CC(=O)c1ccc(CC(=O)CN)cc1)C(C)C)C(N)=O. The Morgan fingerprint density at radius 1 is 0.597 bits per heavy atom. The highest BCUT2D eigenvalue weighted by molar-refractivity contribution is 7.98. The molecule has 2 aromatic heterocycles. The summed E-state index contributed by atoms with van der Waals surface area (Å²) in [5, 5.41) is 21.6. The number of thioether (sulfide) groups is 1. The number of carbonyl (C=O) groups is 16. The summed E-state index contributed by atoms with van der Waals surface area (Å²) < 4.78 is 22.4. The molecule has 0 spiro atoms. The van der Waals surface area contributed by atoms with E-state index in [1.54, 1.807) is 120 Å². The van der Waals surface area contributed by atoms with Gasteiger partial charge in [-0.1, -0.05) is 77.1 Å². The fourth-order valence-corrected chi connectivity index (χ4v) is 14.6. The minimum absolute atomic E-state index is 0.00547. The number of primary amides is 2. The number of ether oxygens (including phenoxy) is 4. The van der Waals surface area contributed by atoms with Gasteiger partial charge in [0.15, 0.2) is 28.9 Å². The monoisotopic (exact) mass is 1750 g/mol. The quantitative estimate of drug-likeness (QED) is 0.0134. The molecule has 35 heteroatoms. The molecule has 1 aliphatic rings. The number of carboxylic acid groups (broad SMARTS) is 1. The topological polar surface area (TPSA) is 511 Å². The number of nitrogens with one attached hydrogen (secondary N) is 6. The van der Waals surface area contributed by atoms with Crippen LogP contribution < -0.4 is 38.5 Å². The first kappa shape index (κ1) is 106. The van der Waals surface area contributed by atoms with Crippen molar-refractivity contribution in [3.63, 3.8) is 0 Å². The third kappa shape index (κ3) is 39.8. The van der Waals surface area contributed by atoms with Gasteiger partial charge >= 0.3 is 29.8 Å². The summed E-state index contributed by atoms with van der Waals surface area (Å²) >= 11 is 1.51. The molecule has 6 amide bonds. The Morgan fingerprint density at radius 3 is 1.65 bits per heavy atom. The van der Waals surface area contributed by atoms with Gasteiger partial charge in [-0.25, -0.2) is 4.98 Å². The van der Waals surface area contributed by atoms with Crippen LogP contribution in [0.25, 0.3) is 10.9 Å². The minimum Gasteiger partial charge on any atom is -0.481 e. The van der Waals surface area contributed by atoms with Crippen LogP contribution in [0, 0.1) is 29.6 Å². The van der Waals surface area contributed by atoms with E-state index < -0.39 is 158 Å². The smallest absolute Gasteiger partial charge is 0.320 e. The molecule has 13 N–H and O–H groups in total. The zero-order valence-electron chi connectivity index (χ0n) is 75.6. The van der Waals surface area contributed by atoms with Crippen LogP contribution in [0.4, 0.5) is 0 Å². The summed E-state index contributed by atoms with van der Waals surface area (Å²) in [5.41, 5.74) is 15.1. The molecule has 0 aliphatic carbocycles. The molecule has 4 aromatic rings. The number of amides is 6. The molecular weight excluding hydrogens is 1620 g/mol. The highest BCUT2D eigenvalue weighted by atomic mass is 32.2. The van der Waals surface area contributed by atoms with E-state index >= 15 is 0 Å². The first-order valence-electron chi connectivity index (χ1n) is 42.2. The number of benzene rings is 2. The van der Waals surface area contributed by atoms with Gasteiger partial charge in [-0.15, -0.1) is 0 Å². The maximum Gasteiger partial charge on any atom is 0.320 e. The number of ketones is 5. The van der Waals surface area contributed by atoms with E-state index in [1.807, 2.05) is 54.2 Å². The number of imidazole rings is 1. The van der Waals surface area contributed by atoms with Crippen molar-refractivity contribution in [1.29, 1.82) is 0 Å². The third-order valence-electron chi connectivity index (χ3n) is 19.9. The Morgan fingerprint density at radius 2 is 1.15 bits per heavy atom. The van der Waals surface area contributed by atoms with Crippen LogP contribution in [0.3, 0.4) is 0 Å². The molecule has 1 saturated heterocycles. The number of Topliss-reactive ketones (excluding diaryl/α,β-unsaturated/α-hetero) is 5. The molecule has 0 bridgehead atoms. The van der Waals surface area contributed by atoms with Gasteiger partial charge in [0.2, 0.25) is 35.4 Å². The van der Waals surface area contributed by atoms with E-state index in [4.69, 9.17) is 36.1 Å².